The van der Waals surface area contributed by atoms with Crippen molar-refractivity contribution < 1.29 is 4.79 Å². The Kier molecular flexibility index (Phi) is 1.86. The lowest BCUT2D eigenvalue weighted by Gasteiger charge is -1.94. The van der Waals surface area contributed by atoms with Crippen molar-refractivity contribution in [2.75, 3.05) is 0 Å². The molecule has 0 saturated heterocycles. The summed E-state index contributed by atoms with van der Waals surface area (Å²) in [6, 6.07) is 6.94. The van der Waals surface area contributed by atoms with Crippen LogP contribution in [0.2, 0.25) is 0 Å². The van der Waals surface area contributed by atoms with E-state index in [1.54, 1.807) is 24.3 Å². The van der Waals surface area contributed by atoms with Gasteiger partial charge in [0, 0.05) is 5.56 Å². The SMILES string of the molecule is [CH]c1cccc(C(C)=O)c1. The molecule has 0 N–H and O–H groups in total. The van der Waals surface area contributed by atoms with Crippen LogP contribution in [0.1, 0.15) is 22.8 Å². The van der Waals surface area contributed by atoms with Crippen molar-refractivity contribution in [3.05, 3.63) is 42.3 Å². The normalized spacial score (nSPS) is 9.40. The van der Waals surface area contributed by atoms with E-state index in [4.69, 9.17) is 6.92 Å². The molecule has 10 heavy (non-hydrogen) atoms. The maximum Gasteiger partial charge on any atom is 0.159 e. The Labute approximate surface area is 60.7 Å². The minimum Gasteiger partial charge on any atom is -0.295 e. The second-order valence-corrected chi connectivity index (χ2v) is 2.18. The molecule has 0 bridgehead atoms. The highest BCUT2D eigenvalue weighted by molar-refractivity contribution is 5.94. The molecule has 2 radical (unpaired) electrons. The Morgan fingerprint density at radius 2 is 2.20 bits per heavy atom. The van der Waals surface area contributed by atoms with E-state index in [0.717, 1.165) is 0 Å². The number of Topliss-reactive ketones (excluding diaryl/α,β-unsaturated/α-hetero) is 1. The highest BCUT2D eigenvalue weighted by atomic mass is 16.1. The van der Waals surface area contributed by atoms with Crippen LogP contribution >= 0.6 is 0 Å². The van der Waals surface area contributed by atoms with Gasteiger partial charge in [-0.3, -0.25) is 4.79 Å². The average molecular weight is 132 g/mol. The lowest BCUT2D eigenvalue weighted by atomic mass is 10.1. The molecule has 0 aliphatic rings. The molecule has 0 aliphatic carbocycles. The third-order valence-electron chi connectivity index (χ3n) is 1.29. The molecule has 0 amide bonds. The number of benzene rings is 1. The zero-order valence-electron chi connectivity index (χ0n) is 5.79. The van der Waals surface area contributed by atoms with Crippen LogP contribution in [0.15, 0.2) is 24.3 Å². The number of carbonyl (C=O) groups excluding carboxylic acids is 1. The average Bonchev–Trinajstić information content (AvgIpc) is 1.88. The van der Waals surface area contributed by atoms with E-state index in [-0.39, 0.29) is 5.78 Å². The molecule has 1 aromatic rings. The number of hydrogen-bond acceptors (Lipinski definition) is 1. The van der Waals surface area contributed by atoms with Crippen molar-refractivity contribution in [3.63, 3.8) is 0 Å². The highest BCUT2D eigenvalue weighted by Gasteiger charge is 1.96. The van der Waals surface area contributed by atoms with Crippen molar-refractivity contribution in [2.45, 2.75) is 6.92 Å². The van der Waals surface area contributed by atoms with Crippen LogP contribution in [0, 0.1) is 6.92 Å². The summed E-state index contributed by atoms with van der Waals surface area (Å²) in [7, 11) is 0. The molecule has 0 fully saturated rings. The molecule has 50 valence electrons. The zero-order chi connectivity index (χ0) is 7.56. The summed E-state index contributed by atoms with van der Waals surface area (Å²) in [5.41, 5.74) is 1.30. The summed E-state index contributed by atoms with van der Waals surface area (Å²) in [5.74, 6) is 0.0484. The molecule has 0 unspecified atom stereocenters. The topological polar surface area (TPSA) is 17.1 Å². The smallest absolute Gasteiger partial charge is 0.159 e. The van der Waals surface area contributed by atoms with Crippen LogP contribution in [-0.2, 0) is 0 Å². The minimum absolute atomic E-state index is 0.0484. The number of ketones is 1. The summed E-state index contributed by atoms with van der Waals surface area (Å²) in [6.07, 6.45) is 0. The first-order chi connectivity index (χ1) is 4.70. The van der Waals surface area contributed by atoms with Gasteiger partial charge >= 0.3 is 0 Å². The highest BCUT2D eigenvalue weighted by Crippen LogP contribution is 2.03. The zero-order valence-corrected chi connectivity index (χ0v) is 5.79. The fraction of sp³-hybridized carbons (Fsp3) is 0.111. The first kappa shape index (κ1) is 7.00. The summed E-state index contributed by atoms with van der Waals surface area (Å²) < 4.78 is 0. The third kappa shape index (κ3) is 1.44. The number of hydrogen-bond donors (Lipinski definition) is 0. The van der Waals surface area contributed by atoms with Gasteiger partial charge in [0.2, 0.25) is 0 Å². The number of rotatable bonds is 1. The van der Waals surface area contributed by atoms with E-state index in [1.165, 1.54) is 6.92 Å². The predicted molar refractivity (Wildman–Crippen MR) is 39.8 cm³/mol. The summed E-state index contributed by atoms with van der Waals surface area (Å²) >= 11 is 0. The van der Waals surface area contributed by atoms with Gasteiger partial charge in [0.1, 0.15) is 0 Å². The Balaban J connectivity index is 3.07. The van der Waals surface area contributed by atoms with Crippen molar-refractivity contribution in [2.24, 2.45) is 0 Å². The molecule has 1 heteroatoms. The summed E-state index contributed by atoms with van der Waals surface area (Å²) in [6.45, 7) is 6.97. The molecular formula is C9H8O. The lowest BCUT2D eigenvalue weighted by Crippen LogP contribution is -1.90. The van der Waals surface area contributed by atoms with Crippen molar-refractivity contribution in [1.82, 2.24) is 0 Å². The molecule has 1 aromatic carbocycles. The van der Waals surface area contributed by atoms with Gasteiger partial charge in [0.25, 0.3) is 0 Å². The van der Waals surface area contributed by atoms with Gasteiger partial charge in [0.05, 0.1) is 0 Å². The third-order valence-corrected chi connectivity index (χ3v) is 1.29. The molecule has 0 atom stereocenters. The van der Waals surface area contributed by atoms with Gasteiger partial charge in [-0.2, -0.15) is 0 Å². The van der Waals surface area contributed by atoms with Gasteiger partial charge in [-0.1, -0.05) is 18.2 Å². The molecule has 1 nitrogen and oxygen atoms in total. The van der Waals surface area contributed by atoms with E-state index in [9.17, 15) is 4.79 Å². The van der Waals surface area contributed by atoms with E-state index >= 15 is 0 Å². The van der Waals surface area contributed by atoms with Crippen molar-refractivity contribution in [3.8, 4) is 0 Å². The fourth-order valence-corrected chi connectivity index (χ4v) is 0.758. The molecule has 0 heterocycles. The van der Waals surface area contributed by atoms with Gasteiger partial charge in [-0.05, 0) is 25.5 Å². The van der Waals surface area contributed by atoms with Crippen molar-refractivity contribution >= 4 is 5.78 Å². The molecule has 0 saturated carbocycles. The van der Waals surface area contributed by atoms with E-state index in [2.05, 4.69) is 0 Å². The van der Waals surface area contributed by atoms with Gasteiger partial charge < -0.3 is 0 Å². The van der Waals surface area contributed by atoms with Gasteiger partial charge in [0.15, 0.2) is 5.78 Å². The number of carbonyl (C=O) groups is 1. The van der Waals surface area contributed by atoms with Crippen LogP contribution in [0.3, 0.4) is 0 Å². The first-order valence-corrected chi connectivity index (χ1v) is 3.06. The van der Waals surface area contributed by atoms with Crippen molar-refractivity contribution in [1.29, 1.82) is 0 Å². The molecule has 0 aliphatic heterocycles. The largest absolute Gasteiger partial charge is 0.295 e. The maximum absolute atomic E-state index is 10.7. The fourth-order valence-electron chi connectivity index (χ4n) is 0.758. The second-order valence-electron chi connectivity index (χ2n) is 2.18. The van der Waals surface area contributed by atoms with Gasteiger partial charge in [-0.25, -0.2) is 0 Å². The van der Waals surface area contributed by atoms with Crippen LogP contribution < -0.4 is 0 Å². The molecular weight excluding hydrogens is 124 g/mol. The lowest BCUT2D eigenvalue weighted by molar-refractivity contribution is 0.101. The molecule has 0 spiro atoms. The molecule has 1 rings (SSSR count). The van der Waals surface area contributed by atoms with Crippen LogP contribution in [0.25, 0.3) is 0 Å². The van der Waals surface area contributed by atoms with E-state index < -0.39 is 0 Å². The summed E-state index contributed by atoms with van der Waals surface area (Å²) in [5, 5.41) is 0. The Bertz CT molecular complexity index is 251. The second kappa shape index (κ2) is 2.65. The minimum atomic E-state index is 0.0484. The first-order valence-electron chi connectivity index (χ1n) is 3.06. The Hall–Kier alpha value is -1.11. The standard InChI is InChI=1S/C9H8O/c1-7-4-3-5-9(6-7)8(2)10/h1,3-6H,2H3. The molecule has 0 aromatic heterocycles. The Morgan fingerprint density at radius 3 is 2.60 bits per heavy atom. The maximum atomic E-state index is 10.7. The van der Waals surface area contributed by atoms with Gasteiger partial charge in [-0.15, -0.1) is 0 Å². The van der Waals surface area contributed by atoms with E-state index in [0.29, 0.717) is 11.1 Å². The van der Waals surface area contributed by atoms with E-state index in [1.807, 2.05) is 0 Å². The van der Waals surface area contributed by atoms with Crippen LogP contribution in [-0.4, -0.2) is 5.78 Å². The summed E-state index contributed by atoms with van der Waals surface area (Å²) in [4.78, 5) is 10.7. The monoisotopic (exact) mass is 132 g/mol. The van der Waals surface area contributed by atoms with Crippen LogP contribution in [0.5, 0.6) is 0 Å². The van der Waals surface area contributed by atoms with Crippen LogP contribution in [0.4, 0.5) is 0 Å². The predicted octanol–water partition coefficient (Wildman–Crippen LogP) is 1.95. The Morgan fingerprint density at radius 1 is 1.50 bits per heavy atom. The quantitative estimate of drug-likeness (QED) is 0.534.